The van der Waals surface area contributed by atoms with Crippen LogP contribution in [0.1, 0.15) is 0 Å². The highest BCUT2D eigenvalue weighted by atomic mass is 32.1. The smallest absolute Gasteiger partial charge is 0.395 e. The van der Waals surface area contributed by atoms with Crippen LogP contribution in [0.15, 0.2) is 18.2 Å². The van der Waals surface area contributed by atoms with Gasteiger partial charge in [0.1, 0.15) is 0 Å². The van der Waals surface area contributed by atoms with E-state index < -0.39 is 6.29 Å². The molecule has 0 aromatic heterocycles. The molecule has 0 radical (unpaired) electrons. The molecule has 1 aromatic rings. The molecule has 1 aromatic carbocycles. The fourth-order valence-corrected chi connectivity index (χ4v) is 1.29. The van der Waals surface area contributed by atoms with Crippen LogP contribution >= 0.6 is 12.2 Å². The summed E-state index contributed by atoms with van der Waals surface area (Å²) in [5, 5.41) is 2.63. The summed E-state index contributed by atoms with van der Waals surface area (Å²) in [4.78, 5) is 0. The van der Waals surface area contributed by atoms with Crippen LogP contribution in [0.25, 0.3) is 0 Å². The van der Waals surface area contributed by atoms with Gasteiger partial charge in [0.05, 0.1) is 0 Å². The van der Waals surface area contributed by atoms with Gasteiger partial charge in [-0.3, -0.25) is 0 Å². The number of halogens is 2. The second kappa shape index (κ2) is 3.20. The first-order valence-electron chi connectivity index (χ1n) is 3.93. The monoisotopic (exact) mass is 232 g/mol. The van der Waals surface area contributed by atoms with Crippen LogP contribution in [0.3, 0.4) is 0 Å². The first-order valence-corrected chi connectivity index (χ1v) is 4.33. The minimum absolute atomic E-state index is 0.0199. The van der Waals surface area contributed by atoms with Gasteiger partial charge in [-0.2, -0.15) is 0 Å². The quantitative estimate of drug-likeness (QED) is 0.721. The van der Waals surface area contributed by atoms with Crippen molar-refractivity contribution in [2.45, 2.75) is 6.29 Å². The molecule has 0 saturated carbocycles. The molecule has 0 atom stereocenters. The van der Waals surface area contributed by atoms with Crippen molar-refractivity contribution in [2.75, 3.05) is 5.32 Å². The number of benzene rings is 1. The normalized spacial score (nSPS) is 16.1. The predicted octanol–water partition coefficient (Wildman–Crippen LogP) is 1.66. The Morgan fingerprint density at radius 1 is 1.33 bits per heavy atom. The van der Waals surface area contributed by atoms with Crippen LogP contribution in [-0.2, 0) is 0 Å². The zero-order chi connectivity index (χ0) is 11.1. The summed E-state index contributed by atoms with van der Waals surface area (Å²) in [6.45, 7) is 0. The number of rotatable bonds is 1. The van der Waals surface area contributed by atoms with Gasteiger partial charge in [-0.1, -0.05) is 0 Å². The molecule has 0 fully saturated rings. The highest BCUT2D eigenvalue weighted by Crippen LogP contribution is 2.42. The number of fused-ring (bicyclic) bond motifs is 1. The van der Waals surface area contributed by atoms with Gasteiger partial charge in [0.15, 0.2) is 16.6 Å². The summed E-state index contributed by atoms with van der Waals surface area (Å²) in [5.74, 6) is -0.0743. The largest absolute Gasteiger partial charge is 0.586 e. The van der Waals surface area contributed by atoms with E-state index in [0.29, 0.717) is 5.69 Å². The van der Waals surface area contributed by atoms with Crippen LogP contribution in [0, 0.1) is 0 Å². The molecule has 4 nitrogen and oxygen atoms in total. The molecular weight excluding hydrogens is 226 g/mol. The Kier molecular flexibility index (Phi) is 2.11. The van der Waals surface area contributed by atoms with Crippen molar-refractivity contribution >= 4 is 23.0 Å². The molecule has 15 heavy (non-hydrogen) atoms. The lowest BCUT2D eigenvalue weighted by atomic mass is 10.3. The number of nitrogens with two attached hydrogens (primary N) is 1. The topological polar surface area (TPSA) is 56.5 Å². The Morgan fingerprint density at radius 2 is 2.00 bits per heavy atom. The number of thiocarbonyl (C=S) groups is 1. The van der Waals surface area contributed by atoms with E-state index in [9.17, 15) is 8.78 Å². The second-order valence-electron chi connectivity index (χ2n) is 2.82. The van der Waals surface area contributed by atoms with Gasteiger partial charge in [0, 0.05) is 11.8 Å². The van der Waals surface area contributed by atoms with E-state index in [-0.39, 0.29) is 16.6 Å². The molecule has 2 rings (SSSR count). The number of alkyl halides is 2. The molecule has 0 unspecified atom stereocenters. The summed E-state index contributed by atoms with van der Waals surface area (Å²) in [5.41, 5.74) is 5.68. The van der Waals surface area contributed by atoms with E-state index in [1.807, 2.05) is 0 Å². The van der Waals surface area contributed by atoms with E-state index >= 15 is 0 Å². The van der Waals surface area contributed by atoms with Crippen LogP contribution in [0.5, 0.6) is 11.5 Å². The number of anilines is 1. The molecule has 3 N–H and O–H groups in total. The first kappa shape index (κ1) is 9.91. The lowest BCUT2D eigenvalue weighted by Crippen LogP contribution is -2.25. The van der Waals surface area contributed by atoms with E-state index in [1.54, 1.807) is 0 Å². The average Bonchev–Trinajstić information content (AvgIpc) is 2.36. The van der Waals surface area contributed by atoms with E-state index in [2.05, 4.69) is 27.0 Å². The maximum Gasteiger partial charge on any atom is 0.586 e. The summed E-state index contributed by atoms with van der Waals surface area (Å²) < 4.78 is 33.7. The lowest BCUT2D eigenvalue weighted by Gasteiger charge is -2.04. The van der Waals surface area contributed by atoms with Gasteiger partial charge in [0.2, 0.25) is 0 Å². The fraction of sp³-hybridized carbons (Fsp3) is 0.125. The molecule has 1 aliphatic heterocycles. The molecule has 1 heterocycles. The predicted molar refractivity (Wildman–Crippen MR) is 53.1 cm³/mol. The van der Waals surface area contributed by atoms with Crippen LogP contribution in [0.2, 0.25) is 0 Å². The fourth-order valence-electron chi connectivity index (χ4n) is 1.17. The van der Waals surface area contributed by atoms with Gasteiger partial charge >= 0.3 is 6.29 Å². The summed E-state index contributed by atoms with van der Waals surface area (Å²) >= 11 is 4.60. The zero-order valence-electron chi connectivity index (χ0n) is 7.29. The van der Waals surface area contributed by atoms with Crippen molar-refractivity contribution in [3.05, 3.63) is 18.2 Å². The molecule has 0 amide bonds. The van der Waals surface area contributed by atoms with Crippen molar-refractivity contribution in [1.29, 1.82) is 0 Å². The van der Waals surface area contributed by atoms with Crippen molar-refractivity contribution in [2.24, 2.45) is 5.73 Å². The first-order chi connectivity index (χ1) is 6.96. The summed E-state index contributed by atoms with van der Waals surface area (Å²) in [6.07, 6.45) is -3.61. The molecule has 0 bridgehead atoms. The van der Waals surface area contributed by atoms with E-state index in [4.69, 9.17) is 5.73 Å². The lowest BCUT2D eigenvalue weighted by molar-refractivity contribution is -0.286. The van der Waals surface area contributed by atoms with E-state index in [1.165, 1.54) is 18.2 Å². The molecule has 80 valence electrons. The third kappa shape index (κ3) is 2.07. The van der Waals surface area contributed by atoms with Gasteiger partial charge < -0.3 is 20.5 Å². The molecular formula is C8H6F2N2O2S. The molecule has 0 spiro atoms. The molecule has 0 saturated heterocycles. The second-order valence-corrected chi connectivity index (χ2v) is 3.26. The zero-order valence-corrected chi connectivity index (χ0v) is 8.11. The Bertz CT molecular complexity index is 425. The van der Waals surface area contributed by atoms with Crippen LogP contribution in [0.4, 0.5) is 14.5 Å². The molecule has 7 heteroatoms. The van der Waals surface area contributed by atoms with Crippen LogP contribution in [-0.4, -0.2) is 11.4 Å². The van der Waals surface area contributed by atoms with E-state index in [0.717, 1.165) is 0 Å². The minimum atomic E-state index is -3.61. The van der Waals surface area contributed by atoms with Crippen LogP contribution < -0.4 is 20.5 Å². The number of hydrogen-bond acceptors (Lipinski definition) is 3. The SMILES string of the molecule is NC(=S)Nc1ccc2c(c1)OC(F)(F)O2. The van der Waals surface area contributed by atoms with Crippen molar-refractivity contribution in [3.63, 3.8) is 0 Å². The Morgan fingerprint density at radius 3 is 2.67 bits per heavy atom. The number of nitrogens with one attached hydrogen (secondary N) is 1. The highest BCUT2D eigenvalue weighted by molar-refractivity contribution is 7.80. The third-order valence-electron chi connectivity index (χ3n) is 1.67. The minimum Gasteiger partial charge on any atom is -0.395 e. The summed E-state index contributed by atoms with van der Waals surface area (Å²) in [6, 6.07) is 4.18. The van der Waals surface area contributed by atoms with Crippen molar-refractivity contribution < 1.29 is 18.3 Å². The highest BCUT2D eigenvalue weighted by Gasteiger charge is 2.43. The maximum absolute atomic E-state index is 12.6. The standard InChI is InChI=1S/C8H6F2N2O2S/c9-8(10)13-5-2-1-4(12-7(11)15)3-6(5)14-8/h1-3H,(H3,11,12,15). The van der Waals surface area contributed by atoms with Gasteiger partial charge in [-0.15, -0.1) is 8.78 Å². The van der Waals surface area contributed by atoms with Gasteiger partial charge in [-0.25, -0.2) is 0 Å². The Balaban J connectivity index is 2.26. The number of hydrogen-bond donors (Lipinski definition) is 2. The third-order valence-corrected chi connectivity index (χ3v) is 1.77. The van der Waals surface area contributed by atoms with Crippen molar-refractivity contribution in [3.8, 4) is 11.5 Å². The van der Waals surface area contributed by atoms with Crippen molar-refractivity contribution in [1.82, 2.24) is 0 Å². The Hall–Kier alpha value is -1.63. The average molecular weight is 232 g/mol. The molecule has 0 aliphatic carbocycles. The number of ether oxygens (including phenoxy) is 2. The summed E-state index contributed by atoms with van der Waals surface area (Å²) in [7, 11) is 0. The van der Waals surface area contributed by atoms with Gasteiger partial charge in [-0.05, 0) is 24.4 Å². The maximum atomic E-state index is 12.6. The Labute approximate surface area is 89.0 Å². The van der Waals surface area contributed by atoms with Gasteiger partial charge in [0.25, 0.3) is 0 Å². The molecule has 1 aliphatic rings.